The van der Waals surface area contributed by atoms with Crippen molar-refractivity contribution in [3.05, 3.63) is 82.3 Å². The van der Waals surface area contributed by atoms with Crippen LogP contribution in [-0.2, 0) is 0 Å². The van der Waals surface area contributed by atoms with Crippen molar-refractivity contribution >= 4 is 34.5 Å². The molecule has 1 saturated carbocycles. The molecule has 2 aromatic heterocycles. The summed E-state index contributed by atoms with van der Waals surface area (Å²) in [5, 5.41) is 13.8. The van der Waals surface area contributed by atoms with Gasteiger partial charge in [-0.3, -0.25) is 9.78 Å². The number of carbonyl (C=O) groups is 2. The van der Waals surface area contributed by atoms with Gasteiger partial charge in [-0.15, -0.1) is 0 Å². The van der Waals surface area contributed by atoms with Gasteiger partial charge in [0.2, 0.25) is 0 Å². The lowest BCUT2D eigenvalue weighted by molar-refractivity contribution is 0.0696. The summed E-state index contributed by atoms with van der Waals surface area (Å²) in [6.45, 7) is 0. The van der Waals surface area contributed by atoms with Gasteiger partial charge in [0.05, 0.1) is 21.7 Å². The summed E-state index contributed by atoms with van der Waals surface area (Å²) in [5.74, 6) is -2.13. The van der Waals surface area contributed by atoms with Crippen LogP contribution < -0.4 is 0 Å². The zero-order valence-corrected chi connectivity index (χ0v) is 16.8. The van der Waals surface area contributed by atoms with Gasteiger partial charge in [0, 0.05) is 11.8 Å². The molecule has 0 spiro atoms. The Morgan fingerprint density at radius 3 is 2.65 bits per heavy atom. The summed E-state index contributed by atoms with van der Waals surface area (Å²) in [6.07, 6.45) is 3.51. The summed E-state index contributed by atoms with van der Waals surface area (Å²) >= 11 is 6.40. The quantitative estimate of drug-likeness (QED) is 0.479. The van der Waals surface area contributed by atoms with Gasteiger partial charge in [0.15, 0.2) is 0 Å². The van der Waals surface area contributed by atoms with E-state index in [0.717, 1.165) is 24.5 Å². The van der Waals surface area contributed by atoms with Crippen LogP contribution in [0.4, 0.5) is 4.39 Å². The van der Waals surface area contributed by atoms with Crippen LogP contribution in [0.3, 0.4) is 0 Å². The minimum atomic E-state index is -1.24. The summed E-state index contributed by atoms with van der Waals surface area (Å²) in [5.41, 5.74) is 2.03. The standard InChI is InChI=1S/C23H15ClFN3O3/c24-16-4-1-3-14(12-6-7-12)19(16)22(29)28-18-5-2-10-26-21(18)20(27-28)15-9-8-13(23(30)31)11-17(15)25/h1-5,8-12H,6-7H2,(H,30,31). The topological polar surface area (TPSA) is 85.1 Å². The van der Waals surface area contributed by atoms with E-state index in [-0.39, 0.29) is 22.7 Å². The summed E-state index contributed by atoms with van der Waals surface area (Å²) in [6, 6.07) is 12.3. The first-order valence-corrected chi connectivity index (χ1v) is 10.0. The number of halogens is 2. The fourth-order valence-corrected chi connectivity index (χ4v) is 4.00. The molecule has 154 valence electrons. The lowest BCUT2D eigenvalue weighted by Gasteiger charge is -2.10. The maximum absolute atomic E-state index is 14.8. The van der Waals surface area contributed by atoms with Crippen molar-refractivity contribution in [1.82, 2.24) is 14.8 Å². The van der Waals surface area contributed by atoms with Crippen molar-refractivity contribution in [3.63, 3.8) is 0 Å². The Kier molecular flexibility index (Phi) is 4.55. The molecule has 1 N–H and O–H groups in total. The van der Waals surface area contributed by atoms with E-state index < -0.39 is 17.7 Å². The molecule has 0 saturated heterocycles. The van der Waals surface area contributed by atoms with Crippen molar-refractivity contribution in [2.24, 2.45) is 0 Å². The second-order valence-electron chi connectivity index (χ2n) is 7.41. The number of hydrogen-bond donors (Lipinski definition) is 1. The highest BCUT2D eigenvalue weighted by molar-refractivity contribution is 6.34. The smallest absolute Gasteiger partial charge is 0.335 e. The highest BCUT2D eigenvalue weighted by Crippen LogP contribution is 2.43. The molecule has 5 rings (SSSR count). The van der Waals surface area contributed by atoms with Crippen LogP contribution in [0.1, 0.15) is 45.0 Å². The van der Waals surface area contributed by atoms with Crippen LogP contribution >= 0.6 is 11.6 Å². The molecule has 1 aliphatic carbocycles. The molecule has 4 aromatic rings. The van der Waals surface area contributed by atoms with E-state index >= 15 is 0 Å². The Bertz CT molecular complexity index is 1380. The predicted octanol–water partition coefficient (Wildman–Crippen LogP) is 5.15. The van der Waals surface area contributed by atoms with Gasteiger partial charge < -0.3 is 5.11 Å². The zero-order valence-electron chi connectivity index (χ0n) is 16.0. The number of benzene rings is 2. The highest BCUT2D eigenvalue weighted by Gasteiger charge is 2.31. The van der Waals surface area contributed by atoms with Gasteiger partial charge in [-0.2, -0.15) is 9.78 Å². The SMILES string of the molecule is O=C(O)c1ccc(-c2nn(C(=O)c3c(Cl)cccc3C3CC3)c3cccnc23)c(F)c1. The largest absolute Gasteiger partial charge is 0.478 e. The van der Waals surface area contributed by atoms with Crippen LogP contribution in [0.5, 0.6) is 0 Å². The molecule has 0 unspecified atom stereocenters. The van der Waals surface area contributed by atoms with Crippen LogP contribution in [0.2, 0.25) is 5.02 Å². The van der Waals surface area contributed by atoms with Crippen LogP contribution in [0.25, 0.3) is 22.3 Å². The molecule has 0 atom stereocenters. The molecule has 0 amide bonds. The number of carboxylic acids is 1. The molecular weight excluding hydrogens is 421 g/mol. The summed E-state index contributed by atoms with van der Waals surface area (Å²) in [7, 11) is 0. The van der Waals surface area contributed by atoms with Crippen molar-refractivity contribution in [3.8, 4) is 11.3 Å². The Morgan fingerprint density at radius 2 is 1.94 bits per heavy atom. The van der Waals surface area contributed by atoms with Gasteiger partial charge in [-0.1, -0.05) is 23.7 Å². The molecule has 0 bridgehead atoms. The number of hydrogen-bond acceptors (Lipinski definition) is 4. The first kappa shape index (κ1) is 19.4. The number of aromatic carboxylic acids is 1. The Hall–Kier alpha value is -3.58. The molecular formula is C23H15ClFN3O3. The number of fused-ring (bicyclic) bond motifs is 1. The predicted molar refractivity (Wildman–Crippen MR) is 113 cm³/mol. The molecule has 2 aromatic carbocycles. The first-order valence-electron chi connectivity index (χ1n) is 9.66. The Balaban J connectivity index is 1.70. The minimum Gasteiger partial charge on any atom is -0.478 e. The normalized spacial score (nSPS) is 13.5. The van der Waals surface area contributed by atoms with Gasteiger partial charge in [-0.05, 0) is 60.7 Å². The molecule has 8 heteroatoms. The first-order chi connectivity index (χ1) is 15.0. The maximum atomic E-state index is 14.8. The molecule has 31 heavy (non-hydrogen) atoms. The van der Waals surface area contributed by atoms with Crippen molar-refractivity contribution in [2.45, 2.75) is 18.8 Å². The average Bonchev–Trinajstić information content (AvgIpc) is 3.54. The lowest BCUT2D eigenvalue weighted by Crippen LogP contribution is -2.16. The molecule has 0 aliphatic heterocycles. The lowest BCUT2D eigenvalue weighted by atomic mass is 10.0. The van der Waals surface area contributed by atoms with E-state index in [9.17, 15) is 14.0 Å². The van der Waals surface area contributed by atoms with E-state index in [2.05, 4.69) is 10.1 Å². The molecule has 2 heterocycles. The summed E-state index contributed by atoms with van der Waals surface area (Å²) in [4.78, 5) is 28.9. The van der Waals surface area contributed by atoms with Gasteiger partial charge >= 0.3 is 5.97 Å². The van der Waals surface area contributed by atoms with Gasteiger partial charge in [0.1, 0.15) is 17.0 Å². The number of pyridine rings is 1. The molecule has 0 radical (unpaired) electrons. The third kappa shape index (κ3) is 3.27. The number of rotatable bonds is 4. The Morgan fingerprint density at radius 1 is 1.13 bits per heavy atom. The van der Waals surface area contributed by atoms with Gasteiger partial charge in [0.25, 0.3) is 5.91 Å². The second kappa shape index (κ2) is 7.28. The molecule has 6 nitrogen and oxygen atoms in total. The van der Waals surface area contributed by atoms with E-state index in [1.54, 1.807) is 18.2 Å². The van der Waals surface area contributed by atoms with Crippen molar-refractivity contribution < 1.29 is 19.1 Å². The minimum absolute atomic E-state index is 0.0572. The third-order valence-electron chi connectivity index (χ3n) is 5.38. The van der Waals surface area contributed by atoms with E-state index in [4.69, 9.17) is 16.7 Å². The van der Waals surface area contributed by atoms with Gasteiger partial charge in [-0.25, -0.2) is 9.18 Å². The molecule has 1 aliphatic rings. The zero-order chi connectivity index (χ0) is 21.7. The monoisotopic (exact) mass is 435 g/mol. The number of carbonyl (C=O) groups excluding carboxylic acids is 1. The van der Waals surface area contributed by atoms with E-state index in [1.165, 1.54) is 23.0 Å². The van der Waals surface area contributed by atoms with E-state index in [1.807, 2.05) is 12.1 Å². The van der Waals surface area contributed by atoms with Crippen molar-refractivity contribution in [2.75, 3.05) is 0 Å². The van der Waals surface area contributed by atoms with Crippen molar-refractivity contribution in [1.29, 1.82) is 0 Å². The van der Waals surface area contributed by atoms with Crippen LogP contribution in [0, 0.1) is 5.82 Å². The fourth-order valence-electron chi connectivity index (χ4n) is 3.73. The fraction of sp³-hybridized carbons (Fsp3) is 0.130. The van der Waals surface area contributed by atoms with E-state index in [0.29, 0.717) is 21.6 Å². The summed E-state index contributed by atoms with van der Waals surface area (Å²) < 4.78 is 15.9. The average molecular weight is 436 g/mol. The number of nitrogens with zero attached hydrogens (tertiary/aromatic N) is 3. The number of aromatic nitrogens is 3. The Labute approximate surface area is 180 Å². The molecule has 1 fully saturated rings. The second-order valence-corrected chi connectivity index (χ2v) is 7.82. The number of carboxylic acid groups (broad SMARTS) is 1. The highest BCUT2D eigenvalue weighted by atomic mass is 35.5. The maximum Gasteiger partial charge on any atom is 0.335 e. The van der Waals surface area contributed by atoms with Crippen LogP contribution in [-0.4, -0.2) is 31.7 Å². The third-order valence-corrected chi connectivity index (χ3v) is 5.69. The van der Waals surface area contributed by atoms with Crippen LogP contribution in [0.15, 0.2) is 54.7 Å².